The van der Waals surface area contributed by atoms with Crippen molar-refractivity contribution in [3.05, 3.63) is 29.8 Å². The molecule has 0 saturated heterocycles. The van der Waals surface area contributed by atoms with Gasteiger partial charge in [-0.3, -0.25) is 9.11 Å². The minimum Gasteiger partial charge on any atom is -0.491 e. The number of aryl methyl sites for hydroxylation is 1. The molecule has 3 N–H and O–H groups in total. The highest BCUT2D eigenvalue weighted by molar-refractivity contribution is 7.79. The molecule has 9 nitrogen and oxygen atoms in total. The molecule has 0 bridgehead atoms. The molecule has 0 spiro atoms. The van der Waals surface area contributed by atoms with Crippen LogP contribution in [0.25, 0.3) is 0 Å². The molecule has 0 aliphatic heterocycles. The lowest BCUT2D eigenvalue weighted by molar-refractivity contribution is 0.00357. The van der Waals surface area contributed by atoms with E-state index in [-0.39, 0.29) is 6.61 Å². The van der Waals surface area contributed by atoms with Crippen LogP contribution in [0.4, 0.5) is 0 Å². The molecule has 188 valence electrons. The highest BCUT2D eigenvalue weighted by atomic mass is 32.3. The van der Waals surface area contributed by atoms with Crippen LogP contribution in [0.3, 0.4) is 0 Å². The summed E-state index contributed by atoms with van der Waals surface area (Å²) in [7, 11) is -4.67. The summed E-state index contributed by atoms with van der Waals surface area (Å²) < 4.78 is 53.5. The molecule has 0 unspecified atom stereocenters. The highest BCUT2D eigenvalue weighted by Gasteiger charge is 2.03. The van der Waals surface area contributed by atoms with Crippen molar-refractivity contribution in [1.29, 1.82) is 0 Å². The zero-order valence-corrected chi connectivity index (χ0v) is 19.9. The van der Waals surface area contributed by atoms with Crippen molar-refractivity contribution in [2.24, 2.45) is 0 Å². The van der Waals surface area contributed by atoms with E-state index in [0.717, 1.165) is 12.2 Å². The normalized spacial score (nSPS) is 11.1. The Balaban J connectivity index is 0.00000172. The van der Waals surface area contributed by atoms with Crippen LogP contribution in [0.2, 0.25) is 0 Å². The number of hydrogen-bond acceptors (Lipinski definition) is 7. The van der Waals surface area contributed by atoms with Crippen LogP contribution in [0.5, 0.6) is 5.75 Å². The van der Waals surface area contributed by atoms with Crippen LogP contribution in [0.15, 0.2) is 24.3 Å². The fourth-order valence-corrected chi connectivity index (χ4v) is 2.76. The third-order valence-electron chi connectivity index (χ3n) is 4.24. The van der Waals surface area contributed by atoms with Gasteiger partial charge in [-0.1, -0.05) is 57.2 Å². The van der Waals surface area contributed by atoms with E-state index >= 15 is 0 Å². The van der Waals surface area contributed by atoms with Gasteiger partial charge in [0.1, 0.15) is 12.4 Å². The van der Waals surface area contributed by atoms with E-state index in [0.29, 0.717) is 46.2 Å². The highest BCUT2D eigenvalue weighted by Crippen LogP contribution is 2.20. The van der Waals surface area contributed by atoms with Gasteiger partial charge in [-0.05, 0) is 24.5 Å². The SMILES string of the molecule is CCCCCCCCc1ccccc1OCCOCCOCCOCCO.O=S(=O)(O)O. The van der Waals surface area contributed by atoms with Gasteiger partial charge in [-0.15, -0.1) is 0 Å². The molecule has 1 aromatic rings. The van der Waals surface area contributed by atoms with Crippen molar-refractivity contribution in [2.45, 2.75) is 51.9 Å². The van der Waals surface area contributed by atoms with Gasteiger partial charge in [-0.25, -0.2) is 0 Å². The Hall–Kier alpha value is -1.27. The third kappa shape index (κ3) is 23.4. The number of ether oxygens (including phenoxy) is 4. The fraction of sp³-hybridized carbons (Fsp3) is 0.727. The molecule has 1 aromatic carbocycles. The minimum atomic E-state index is -4.67. The van der Waals surface area contributed by atoms with Gasteiger partial charge in [0.15, 0.2) is 0 Å². The number of para-hydroxylation sites is 1. The largest absolute Gasteiger partial charge is 0.491 e. The summed E-state index contributed by atoms with van der Waals surface area (Å²) in [4.78, 5) is 0. The summed E-state index contributed by atoms with van der Waals surface area (Å²) in [5.74, 6) is 0.979. The van der Waals surface area contributed by atoms with E-state index in [1.807, 2.05) is 12.1 Å². The standard InChI is InChI=1S/C22H38O5.H2O4S/c1-2-3-4-5-6-7-10-21-11-8-9-12-22(21)27-20-19-26-18-17-25-16-15-24-14-13-23;1-5(2,3)4/h8-9,11-12,23H,2-7,10,13-20H2,1H3;(H2,1,2,3,4). The van der Waals surface area contributed by atoms with Crippen molar-refractivity contribution in [1.82, 2.24) is 0 Å². The van der Waals surface area contributed by atoms with Gasteiger partial charge in [0, 0.05) is 0 Å². The van der Waals surface area contributed by atoms with Crippen LogP contribution in [-0.2, 0) is 31.0 Å². The second-order valence-corrected chi connectivity index (χ2v) is 7.88. The average molecular weight is 481 g/mol. The van der Waals surface area contributed by atoms with Gasteiger partial charge in [0.05, 0.1) is 46.2 Å². The molecular weight excluding hydrogens is 440 g/mol. The Labute approximate surface area is 192 Å². The topological polar surface area (TPSA) is 132 Å². The quantitative estimate of drug-likeness (QED) is 0.201. The van der Waals surface area contributed by atoms with Crippen molar-refractivity contribution in [3.8, 4) is 5.75 Å². The summed E-state index contributed by atoms with van der Waals surface area (Å²) >= 11 is 0. The molecule has 0 aliphatic rings. The zero-order valence-electron chi connectivity index (χ0n) is 19.1. The fourth-order valence-electron chi connectivity index (χ4n) is 2.76. The van der Waals surface area contributed by atoms with E-state index in [4.69, 9.17) is 41.6 Å². The van der Waals surface area contributed by atoms with E-state index in [1.165, 1.54) is 44.1 Å². The Morgan fingerprint density at radius 1 is 0.750 bits per heavy atom. The first-order valence-electron chi connectivity index (χ1n) is 11.1. The van der Waals surface area contributed by atoms with Crippen molar-refractivity contribution in [2.75, 3.05) is 52.9 Å². The van der Waals surface area contributed by atoms with Crippen molar-refractivity contribution < 1.29 is 41.6 Å². The number of unbranched alkanes of at least 4 members (excludes halogenated alkanes) is 5. The molecular formula is C22H40O9S. The molecule has 0 heterocycles. The predicted octanol–water partition coefficient (Wildman–Crippen LogP) is 3.36. The molecule has 0 amide bonds. The summed E-state index contributed by atoms with van der Waals surface area (Å²) in [5.41, 5.74) is 1.29. The Kier molecular flexibility index (Phi) is 20.7. The van der Waals surface area contributed by atoms with Crippen LogP contribution in [0, 0.1) is 0 Å². The number of rotatable bonds is 19. The number of benzene rings is 1. The van der Waals surface area contributed by atoms with Gasteiger partial charge in [0.25, 0.3) is 0 Å². The second-order valence-electron chi connectivity index (χ2n) is 6.98. The molecule has 0 atom stereocenters. The molecule has 32 heavy (non-hydrogen) atoms. The maximum atomic E-state index is 8.74. The molecule has 0 radical (unpaired) electrons. The first-order valence-corrected chi connectivity index (χ1v) is 12.5. The lowest BCUT2D eigenvalue weighted by Crippen LogP contribution is -2.13. The molecule has 10 heteroatoms. The van der Waals surface area contributed by atoms with Gasteiger partial charge in [0.2, 0.25) is 0 Å². The third-order valence-corrected chi connectivity index (χ3v) is 4.24. The molecule has 0 aliphatic carbocycles. The maximum Gasteiger partial charge on any atom is 0.394 e. The molecule has 1 rings (SSSR count). The Morgan fingerprint density at radius 3 is 1.84 bits per heavy atom. The van der Waals surface area contributed by atoms with Crippen molar-refractivity contribution in [3.63, 3.8) is 0 Å². The second kappa shape index (κ2) is 21.6. The lowest BCUT2D eigenvalue weighted by atomic mass is 10.0. The van der Waals surface area contributed by atoms with Crippen LogP contribution >= 0.6 is 0 Å². The molecule has 0 aromatic heterocycles. The first-order chi connectivity index (χ1) is 15.4. The van der Waals surface area contributed by atoms with E-state index in [2.05, 4.69) is 19.1 Å². The van der Waals surface area contributed by atoms with E-state index in [9.17, 15) is 0 Å². The average Bonchev–Trinajstić information content (AvgIpc) is 2.74. The summed E-state index contributed by atoms with van der Waals surface area (Å²) in [6, 6.07) is 8.31. The van der Waals surface area contributed by atoms with E-state index in [1.54, 1.807) is 0 Å². The Morgan fingerprint density at radius 2 is 1.25 bits per heavy atom. The maximum absolute atomic E-state index is 8.74. The monoisotopic (exact) mass is 480 g/mol. The summed E-state index contributed by atoms with van der Waals surface area (Å²) in [6.45, 7) is 5.86. The molecule has 0 saturated carbocycles. The number of aliphatic hydroxyl groups is 1. The number of hydrogen-bond donors (Lipinski definition) is 3. The van der Waals surface area contributed by atoms with Crippen molar-refractivity contribution >= 4 is 10.4 Å². The van der Waals surface area contributed by atoms with Crippen LogP contribution < -0.4 is 4.74 Å². The van der Waals surface area contributed by atoms with Gasteiger partial charge < -0.3 is 24.1 Å². The first kappa shape index (κ1) is 30.7. The smallest absolute Gasteiger partial charge is 0.394 e. The number of aliphatic hydroxyl groups excluding tert-OH is 1. The lowest BCUT2D eigenvalue weighted by Gasteiger charge is -2.12. The van der Waals surface area contributed by atoms with Crippen LogP contribution in [-0.4, -0.2) is 75.5 Å². The minimum absolute atomic E-state index is 0.0468. The zero-order chi connectivity index (χ0) is 23.9. The van der Waals surface area contributed by atoms with Crippen LogP contribution in [0.1, 0.15) is 51.0 Å². The predicted molar refractivity (Wildman–Crippen MR) is 123 cm³/mol. The van der Waals surface area contributed by atoms with Gasteiger partial charge in [-0.2, -0.15) is 8.42 Å². The van der Waals surface area contributed by atoms with E-state index < -0.39 is 10.4 Å². The summed E-state index contributed by atoms with van der Waals surface area (Å²) in [6.07, 6.45) is 8.93. The summed E-state index contributed by atoms with van der Waals surface area (Å²) in [5, 5.41) is 8.57. The van der Waals surface area contributed by atoms with Gasteiger partial charge >= 0.3 is 10.4 Å². The molecule has 0 fully saturated rings. The Bertz CT molecular complexity index is 630.